The van der Waals surface area contributed by atoms with Crippen molar-refractivity contribution in [2.75, 3.05) is 13.1 Å². The molecule has 1 aliphatic carbocycles. The number of piperidine rings is 1. The Hall–Kier alpha value is 0.650. The van der Waals surface area contributed by atoms with E-state index in [-0.39, 0.29) is 0 Å². The summed E-state index contributed by atoms with van der Waals surface area (Å²) >= 11 is 2.60. The van der Waals surface area contributed by atoms with Crippen molar-refractivity contribution in [3.63, 3.8) is 0 Å². The molecule has 2 rings (SSSR count). The average Bonchev–Trinajstić information content (AvgIpc) is 2.24. The van der Waals surface area contributed by atoms with E-state index in [0.717, 1.165) is 15.8 Å². The van der Waals surface area contributed by atoms with Gasteiger partial charge >= 0.3 is 0 Å². The highest BCUT2D eigenvalue weighted by Crippen LogP contribution is 2.27. The second-order valence-corrected chi connectivity index (χ2v) is 7.75. The van der Waals surface area contributed by atoms with Gasteiger partial charge in [0.25, 0.3) is 0 Å². The van der Waals surface area contributed by atoms with Gasteiger partial charge in [-0.05, 0) is 25.2 Å². The third kappa shape index (κ3) is 3.57. The number of halogens is 1. The largest absolute Gasteiger partial charge is 0.319 e. The molecule has 0 radical (unpaired) electrons. The lowest BCUT2D eigenvalue weighted by Crippen LogP contribution is -3.19. The van der Waals surface area contributed by atoms with Crippen LogP contribution in [0.2, 0.25) is 0 Å². The van der Waals surface area contributed by atoms with Gasteiger partial charge in [-0.1, -0.05) is 42.4 Å². The molecule has 2 fully saturated rings. The van der Waals surface area contributed by atoms with E-state index < -0.39 is 0 Å². The summed E-state index contributed by atoms with van der Waals surface area (Å²) in [6.07, 6.45) is 8.77. The summed E-state index contributed by atoms with van der Waals surface area (Å²) in [5, 5.41) is 0. The van der Waals surface area contributed by atoms with Crippen LogP contribution in [-0.2, 0) is 0 Å². The van der Waals surface area contributed by atoms with Crippen molar-refractivity contribution in [2.45, 2.75) is 55.5 Å². The zero-order valence-corrected chi connectivity index (χ0v) is 12.6. The topological polar surface area (TPSA) is 30.5 Å². The highest BCUT2D eigenvalue weighted by molar-refractivity contribution is 14.1. The third-order valence-electron chi connectivity index (χ3n) is 4.39. The number of nitrogens with one attached hydrogen (secondary N) is 1. The van der Waals surface area contributed by atoms with Crippen molar-refractivity contribution in [1.29, 1.82) is 0 Å². The van der Waals surface area contributed by atoms with Gasteiger partial charge in [-0.15, -0.1) is 0 Å². The second kappa shape index (κ2) is 6.01. The third-order valence-corrected chi connectivity index (χ3v) is 5.46. The molecule has 1 heterocycles. The molecule has 1 aliphatic heterocycles. The maximum Gasteiger partial charge on any atom is 0.138 e. The molecule has 0 aromatic heterocycles. The minimum atomic E-state index is 0.420. The van der Waals surface area contributed by atoms with Crippen LogP contribution in [0.4, 0.5) is 0 Å². The average molecular weight is 337 g/mol. The minimum Gasteiger partial charge on any atom is -0.319 e. The molecule has 0 amide bonds. The number of nitrogens with two attached hydrogens (primary N) is 1. The predicted molar refractivity (Wildman–Crippen MR) is 76.8 cm³/mol. The Morgan fingerprint density at radius 1 is 1.25 bits per heavy atom. The fourth-order valence-corrected chi connectivity index (χ4v) is 4.38. The van der Waals surface area contributed by atoms with Gasteiger partial charge in [-0.2, -0.15) is 0 Å². The lowest BCUT2D eigenvalue weighted by molar-refractivity contribution is -0.932. The molecule has 1 saturated heterocycles. The number of hydrogen-bond donors (Lipinski definition) is 2. The maximum atomic E-state index is 6.25. The lowest BCUT2D eigenvalue weighted by atomic mass is 9.82. The van der Waals surface area contributed by atoms with Gasteiger partial charge in [0.15, 0.2) is 0 Å². The van der Waals surface area contributed by atoms with Crippen LogP contribution in [-0.4, -0.2) is 23.2 Å². The number of likely N-dealkylation sites (tertiary alicyclic amines) is 1. The molecule has 2 aliphatic rings. The van der Waals surface area contributed by atoms with E-state index in [1.54, 1.807) is 4.90 Å². The summed E-state index contributed by atoms with van der Waals surface area (Å²) in [6.45, 7) is 5.05. The SMILES string of the molecule is CC1CCCC(C[NH+]2CC(I)CCC2N)C1. The zero-order valence-electron chi connectivity index (χ0n) is 10.4. The molecule has 3 heteroatoms. The van der Waals surface area contributed by atoms with Crippen LogP contribution in [0, 0.1) is 11.8 Å². The molecule has 2 nitrogen and oxygen atoms in total. The summed E-state index contributed by atoms with van der Waals surface area (Å²) in [6, 6.07) is 0. The first kappa shape index (κ1) is 13.1. The number of rotatable bonds is 2. The fourth-order valence-electron chi connectivity index (χ4n) is 3.45. The molecule has 5 atom stereocenters. The van der Waals surface area contributed by atoms with Gasteiger partial charge in [0.05, 0.1) is 17.0 Å². The molecule has 0 aromatic rings. The van der Waals surface area contributed by atoms with Gasteiger partial charge in [0.2, 0.25) is 0 Å². The highest BCUT2D eigenvalue weighted by Gasteiger charge is 2.31. The Labute approximate surface area is 113 Å². The molecule has 0 spiro atoms. The Morgan fingerprint density at radius 2 is 2.06 bits per heavy atom. The van der Waals surface area contributed by atoms with Crippen LogP contribution in [0.5, 0.6) is 0 Å². The van der Waals surface area contributed by atoms with E-state index in [0.29, 0.717) is 6.17 Å². The smallest absolute Gasteiger partial charge is 0.138 e. The molecule has 94 valence electrons. The summed E-state index contributed by atoms with van der Waals surface area (Å²) in [4.78, 5) is 1.68. The van der Waals surface area contributed by atoms with Crippen LogP contribution < -0.4 is 10.6 Å². The van der Waals surface area contributed by atoms with E-state index >= 15 is 0 Å². The van der Waals surface area contributed by atoms with Gasteiger partial charge in [0, 0.05) is 12.3 Å². The summed E-state index contributed by atoms with van der Waals surface area (Å²) in [5.41, 5.74) is 6.25. The van der Waals surface area contributed by atoms with E-state index in [2.05, 4.69) is 29.5 Å². The van der Waals surface area contributed by atoms with Crippen molar-refractivity contribution in [3.05, 3.63) is 0 Å². The lowest BCUT2D eigenvalue weighted by Gasteiger charge is -2.36. The van der Waals surface area contributed by atoms with Gasteiger partial charge in [-0.25, -0.2) is 0 Å². The molecule has 5 unspecified atom stereocenters. The number of hydrogen-bond acceptors (Lipinski definition) is 1. The molecular weight excluding hydrogens is 311 g/mol. The Bertz CT molecular complexity index is 222. The van der Waals surface area contributed by atoms with Crippen molar-refractivity contribution < 1.29 is 4.90 Å². The first-order chi connectivity index (χ1) is 7.65. The van der Waals surface area contributed by atoms with Crippen molar-refractivity contribution in [1.82, 2.24) is 0 Å². The van der Waals surface area contributed by atoms with Crippen LogP contribution in [0.3, 0.4) is 0 Å². The van der Waals surface area contributed by atoms with Crippen LogP contribution in [0.15, 0.2) is 0 Å². The monoisotopic (exact) mass is 337 g/mol. The first-order valence-electron chi connectivity index (χ1n) is 6.89. The van der Waals surface area contributed by atoms with Crippen LogP contribution in [0.25, 0.3) is 0 Å². The summed E-state index contributed by atoms with van der Waals surface area (Å²) in [5.74, 6) is 1.90. The van der Waals surface area contributed by atoms with Crippen LogP contribution in [0.1, 0.15) is 45.4 Å². The summed E-state index contributed by atoms with van der Waals surface area (Å²) < 4.78 is 0.855. The molecule has 16 heavy (non-hydrogen) atoms. The molecule has 3 N–H and O–H groups in total. The van der Waals surface area contributed by atoms with Crippen molar-refractivity contribution >= 4 is 22.6 Å². The Morgan fingerprint density at radius 3 is 2.81 bits per heavy atom. The zero-order chi connectivity index (χ0) is 11.5. The second-order valence-electron chi connectivity index (χ2n) is 5.99. The van der Waals surface area contributed by atoms with Crippen molar-refractivity contribution in [3.8, 4) is 0 Å². The quantitative estimate of drug-likeness (QED) is 0.582. The molecule has 1 saturated carbocycles. The van der Waals surface area contributed by atoms with E-state index in [9.17, 15) is 0 Å². The van der Waals surface area contributed by atoms with E-state index in [1.807, 2.05) is 0 Å². The fraction of sp³-hybridized carbons (Fsp3) is 1.00. The van der Waals surface area contributed by atoms with Gasteiger partial charge in [0.1, 0.15) is 6.17 Å². The maximum absolute atomic E-state index is 6.25. The normalized spacial score (nSPS) is 45.6. The van der Waals surface area contributed by atoms with Crippen LogP contribution >= 0.6 is 22.6 Å². The van der Waals surface area contributed by atoms with Crippen molar-refractivity contribution in [2.24, 2.45) is 17.6 Å². The number of quaternary nitrogens is 1. The molecular formula is C13H26IN2+. The summed E-state index contributed by atoms with van der Waals surface area (Å²) in [7, 11) is 0. The number of alkyl halides is 1. The van der Waals surface area contributed by atoms with Gasteiger partial charge in [-0.3, -0.25) is 5.73 Å². The highest BCUT2D eigenvalue weighted by atomic mass is 127. The molecule has 0 bridgehead atoms. The first-order valence-corrected chi connectivity index (χ1v) is 8.14. The van der Waals surface area contributed by atoms with Gasteiger partial charge < -0.3 is 4.90 Å². The Kier molecular flexibility index (Phi) is 4.91. The molecule has 0 aromatic carbocycles. The predicted octanol–water partition coefficient (Wildman–Crippen LogP) is 1.58. The van der Waals surface area contributed by atoms with E-state index in [4.69, 9.17) is 5.73 Å². The minimum absolute atomic E-state index is 0.420. The standard InChI is InChI=1S/C13H25IN2/c1-10-3-2-4-11(7-10)8-16-9-12(14)5-6-13(16)15/h10-13H,2-9,15H2,1H3/p+1. The van der Waals surface area contributed by atoms with E-state index in [1.165, 1.54) is 51.6 Å². The Balaban J connectivity index is 1.82.